The van der Waals surface area contributed by atoms with Crippen molar-refractivity contribution in [2.75, 3.05) is 30.9 Å². The summed E-state index contributed by atoms with van der Waals surface area (Å²) >= 11 is 0. The fraction of sp³-hybridized carbons (Fsp3) is 0.421. The Morgan fingerprint density at radius 1 is 1.33 bits per heavy atom. The van der Waals surface area contributed by atoms with Crippen LogP contribution >= 0.6 is 0 Å². The van der Waals surface area contributed by atoms with Gasteiger partial charge in [0, 0.05) is 43.3 Å². The molecule has 0 spiro atoms. The van der Waals surface area contributed by atoms with E-state index in [1.807, 2.05) is 19.0 Å². The summed E-state index contributed by atoms with van der Waals surface area (Å²) in [6.07, 6.45) is -2.95. The zero-order chi connectivity index (χ0) is 23.9. The average Bonchev–Trinajstić information content (AvgIpc) is 3.35. The van der Waals surface area contributed by atoms with E-state index in [1.165, 1.54) is 15.5 Å². The molecule has 1 fully saturated rings. The number of aliphatic hydroxyl groups excluding tert-OH is 2. The second-order valence-corrected chi connectivity index (χ2v) is 7.62. The van der Waals surface area contributed by atoms with E-state index < -0.39 is 43.1 Å². The van der Waals surface area contributed by atoms with Crippen LogP contribution in [0.2, 0.25) is 0 Å². The van der Waals surface area contributed by atoms with E-state index in [9.17, 15) is 28.2 Å². The standard InChI is InChI=1S/C19H20F3N7O4/c1-27(2)10-3-5-28(6-4-10)15-14-16(25-18(24-15)26-17(32)19(20,21)22)29(9-23-14)13-7-11(31)12(8-30)33-13/h3-6,9,11-13,30-31H,7-8H2,1-2H3/p+1/t11-,12+,13+/m1/s1. The highest BCUT2D eigenvalue weighted by Crippen LogP contribution is 2.31. The molecule has 176 valence electrons. The van der Waals surface area contributed by atoms with E-state index in [4.69, 9.17) is 4.74 Å². The van der Waals surface area contributed by atoms with Crippen LogP contribution in [0.4, 0.5) is 24.8 Å². The van der Waals surface area contributed by atoms with Crippen LogP contribution in [0.15, 0.2) is 30.9 Å². The third kappa shape index (κ3) is 4.44. The van der Waals surface area contributed by atoms with Gasteiger partial charge in [-0.2, -0.15) is 18.2 Å². The van der Waals surface area contributed by atoms with Gasteiger partial charge in [-0.25, -0.2) is 9.55 Å². The van der Waals surface area contributed by atoms with Gasteiger partial charge in [0.2, 0.25) is 5.52 Å². The van der Waals surface area contributed by atoms with Gasteiger partial charge >= 0.3 is 23.8 Å². The van der Waals surface area contributed by atoms with Crippen molar-refractivity contribution in [1.29, 1.82) is 0 Å². The first kappa shape index (κ1) is 22.8. The van der Waals surface area contributed by atoms with Gasteiger partial charge in [-0.15, -0.1) is 0 Å². The van der Waals surface area contributed by atoms with Crippen LogP contribution in [0.5, 0.6) is 0 Å². The molecule has 1 amide bonds. The molecular weight excluding hydrogens is 447 g/mol. The second kappa shape index (κ2) is 8.53. The number of rotatable bonds is 5. The first-order valence-corrected chi connectivity index (χ1v) is 9.84. The quantitative estimate of drug-likeness (QED) is 0.457. The molecule has 1 aliphatic rings. The number of halogens is 3. The van der Waals surface area contributed by atoms with Crippen molar-refractivity contribution in [2.45, 2.75) is 31.0 Å². The number of pyridine rings is 1. The van der Waals surface area contributed by atoms with Gasteiger partial charge in [0.1, 0.15) is 12.3 Å². The Hall–Kier alpha value is -3.36. The maximum absolute atomic E-state index is 12.8. The summed E-state index contributed by atoms with van der Waals surface area (Å²) in [6, 6.07) is 3.53. The summed E-state index contributed by atoms with van der Waals surface area (Å²) in [4.78, 5) is 25.8. The highest BCUT2D eigenvalue weighted by molar-refractivity contribution is 5.94. The molecule has 3 aromatic heterocycles. The predicted octanol–water partition coefficient (Wildman–Crippen LogP) is 0.310. The van der Waals surface area contributed by atoms with Gasteiger partial charge in [-0.1, -0.05) is 0 Å². The molecule has 14 heteroatoms. The maximum atomic E-state index is 12.8. The maximum Gasteiger partial charge on any atom is 0.471 e. The van der Waals surface area contributed by atoms with Crippen LogP contribution in [0, 0.1) is 0 Å². The van der Waals surface area contributed by atoms with Crippen LogP contribution in [-0.2, 0) is 9.53 Å². The minimum Gasteiger partial charge on any atom is -0.394 e. The minimum atomic E-state index is -5.13. The molecule has 1 aliphatic heterocycles. The molecule has 3 N–H and O–H groups in total. The topological polar surface area (TPSA) is 130 Å². The minimum absolute atomic E-state index is 0.0810. The molecule has 0 aliphatic carbocycles. The number of aliphatic hydroxyl groups is 2. The van der Waals surface area contributed by atoms with E-state index in [0.29, 0.717) is 0 Å². The Labute approximate surface area is 185 Å². The van der Waals surface area contributed by atoms with E-state index in [-0.39, 0.29) is 23.4 Å². The Morgan fingerprint density at radius 3 is 2.61 bits per heavy atom. The van der Waals surface area contributed by atoms with Gasteiger partial charge in [0.15, 0.2) is 5.65 Å². The number of alkyl halides is 3. The van der Waals surface area contributed by atoms with Gasteiger partial charge in [-0.3, -0.25) is 14.7 Å². The zero-order valence-corrected chi connectivity index (χ0v) is 17.6. The Balaban J connectivity index is 1.82. The normalized spacial score (nSPS) is 20.9. The number of hydrogen-bond acceptors (Lipinski definition) is 8. The number of carbonyl (C=O) groups excluding carboxylic acids is 1. The summed E-state index contributed by atoms with van der Waals surface area (Å²) in [5.74, 6) is -2.68. The highest BCUT2D eigenvalue weighted by Gasteiger charge is 2.41. The predicted molar refractivity (Wildman–Crippen MR) is 107 cm³/mol. The van der Waals surface area contributed by atoms with Gasteiger partial charge in [0.05, 0.1) is 31.4 Å². The molecule has 0 bridgehead atoms. The monoisotopic (exact) mass is 468 g/mol. The molecule has 1 saturated heterocycles. The Bertz CT molecular complexity index is 1170. The van der Waals surface area contributed by atoms with Gasteiger partial charge in [-0.05, 0) is 0 Å². The third-order valence-electron chi connectivity index (χ3n) is 5.15. The fourth-order valence-corrected chi connectivity index (χ4v) is 3.43. The number of carbonyl (C=O) groups is 1. The summed E-state index contributed by atoms with van der Waals surface area (Å²) in [6.45, 7) is -0.411. The number of anilines is 2. The molecule has 3 aromatic rings. The molecule has 3 atom stereocenters. The van der Waals surface area contributed by atoms with Gasteiger partial charge in [0.25, 0.3) is 0 Å². The summed E-state index contributed by atoms with van der Waals surface area (Å²) in [5.41, 5.74) is 1.18. The largest absolute Gasteiger partial charge is 0.471 e. The van der Waals surface area contributed by atoms with Crippen molar-refractivity contribution in [1.82, 2.24) is 19.5 Å². The van der Waals surface area contributed by atoms with Crippen LogP contribution < -0.4 is 14.8 Å². The SMILES string of the molecule is CN(C)c1cc[n+](-c2nc(NC(=O)C(F)(F)F)nc3c2ncn3[C@@H]2C[C@@H](O)[C@H](CO)O2)cc1. The number of aromatic nitrogens is 5. The van der Waals surface area contributed by atoms with Crippen molar-refractivity contribution in [3.05, 3.63) is 30.9 Å². The fourth-order valence-electron chi connectivity index (χ4n) is 3.43. The smallest absolute Gasteiger partial charge is 0.394 e. The number of amides is 1. The van der Waals surface area contributed by atoms with Crippen LogP contribution in [0.25, 0.3) is 17.0 Å². The van der Waals surface area contributed by atoms with Crippen molar-refractivity contribution in [3.63, 3.8) is 0 Å². The van der Waals surface area contributed by atoms with E-state index in [2.05, 4.69) is 15.0 Å². The molecule has 0 saturated carbocycles. The lowest BCUT2D eigenvalue weighted by Crippen LogP contribution is -2.34. The van der Waals surface area contributed by atoms with Crippen molar-refractivity contribution < 1.29 is 37.5 Å². The first-order valence-electron chi connectivity index (χ1n) is 9.84. The molecule has 4 heterocycles. The number of imidazole rings is 1. The summed E-state index contributed by atoms with van der Waals surface area (Å²) < 4.78 is 47.0. The molecule has 0 unspecified atom stereocenters. The first-order chi connectivity index (χ1) is 15.6. The Kier molecular flexibility index (Phi) is 5.90. The van der Waals surface area contributed by atoms with Gasteiger partial charge < -0.3 is 19.8 Å². The lowest BCUT2D eigenvalue weighted by molar-refractivity contribution is -0.598. The summed E-state index contributed by atoms with van der Waals surface area (Å²) in [5, 5.41) is 21.1. The van der Waals surface area contributed by atoms with E-state index >= 15 is 0 Å². The lowest BCUT2D eigenvalue weighted by Gasteiger charge is -2.13. The Morgan fingerprint density at radius 2 is 2.03 bits per heavy atom. The van der Waals surface area contributed by atoms with Crippen molar-refractivity contribution in [3.8, 4) is 5.82 Å². The molecular formula is C19H21F3N7O4+. The molecule has 33 heavy (non-hydrogen) atoms. The van der Waals surface area contributed by atoms with Crippen molar-refractivity contribution in [2.24, 2.45) is 0 Å². The van der Waals surface area contributed by atoms with Crippen LogP contribution in [-0.4, -0.2) is 74.7 Å². The van der Waals surface area contributed by atoms with Crippen LogP contribution in [0.3, 0.4) is 0 Å². The lowest BCUT2D eigenvalue weighted by atomic mass is 10.2. The molecule has 0 radical (unpaired) electrons. The summed E-state index contributed by atoms with van der Waals surface area (Å²) in [7, 11) is 3.70. The number of nitrogens with zero attached hydrogens (tertiary/aromatic N) is 6. The molecule has 4 rings (SSSR count). The molecule has 11 nitrogen and oxygen atoms in total. The van der Waals surface area contributed by atoms with Crippen LogP contribution in [0.1, 0.15) is 12.6 Å². The molecule has 0 aromatic carbocycles. The highest BCUT2D eigenvalue weighted by atomic mass is 19.4. The average molecular weight is 468 g/mol. The number of nitrogens with one attached hydrogen (secondary N) is 1. The number of ether oxygens (including phenoxy) is 1. The second-order valence-electron chi connectivity index (χ2n) is 7.62. The number of hydrogen-bond donors (Lipinski definition) is 3. The van der Waals surface area contributed by atoms with Crippen molar-refractivity contribution >= 4 is 28.7 Å². The third-order valence-corrected chi connectivity index (χ3v) is 5.15. The van der Waals surface area contributed by atoms with E-state index in [1.54, 1.807) is 29.8 Å². The zero-order valence-electron chi connectivity index (χ0n) is 17.6. The van der Waals surface area contributed by atoms with E-state index in [0.717, 1.165) is 5.69 Å². The number of fused-ring (bicyclic) bond motifs is 1.